The number of carbonyl (C=O) groups is 1. The van der Waals surface area contributed by atoms with Crippen LogP contribution in [0, 0.1) is 11.8 Å². The smallest absolute Gasteiger partial charge is 0.227 e. The summed E-state index contributed by atoms with van der Waals surface area (Å²) in [7, 11) is 1.57. The number of ether oxygens (including phenoxy) is 1. The maximum Gasteiger partial charge on any atom is 0.227 e. The predicted molar refractivity (Wildman–Crippen MR) is 61.3 cm³/mol. The van der Waals surface area contributed by atoms with Crippen molar-refractivity contribution in [3.05, 3.63) is 18.3 Å². The minimum absolute atomic E-state index is 0.0782. The van der Waals surface area contributed by atoms with E-state index < -0.39 is 0 Å². The molecule has 0 saturated heterocycles. The standard InChI is InChI=1S/C12H16N2O2/c1-8(9-3-4-9)12(15)14-10-5-6-11(16-2)13-7-10/h5-9H,3-4H2,1-2H3,(H,14,15). The Morgan fingerprint density at radius 3 is 2.81 bits per heavy atom. The van der Waals surface area contributed by atoms with E-state index in [4.69, 9.17) is 4.74 Å². The molecule has 0 spiro atoms. The molecule has 0 aliphatic heterocycles. The lowest BCUT2D eigenvalue weighted by Crippen LogP contribution is -2.21. The van der Waals surface area contributed by atoms with Crippen molar-refractivity contribution in [3.8, 4) is 5.88 Å². The van der Waals surface area contributed by atoms with Crippen LogP contribution in [0.25, 0.3) is 0 Å². The van der Waals surface area contributed by atoms with Gasteiger partial charge in [-0.2, -0.15) is 0 Å². The van der Waals surface area contributed by atoms with E-state index in [9.17, 15) is 4.79 Å². The summed E-state index contributed by atoms with van der Waals surface area (Å²) in [6, 6.07) is 3.53. The third kappa shape index (κ3) is 2.51. The molecule has 16 heavy (non-hydrogen) atoms. The molecule has 86 valence electrons. The van der Waals surface area contributed by atoms with E-state index in [2.05, 4.69) is 10.3 Å². The molecule has 1 amide bonds. The fourth-order valence-corrected chi connectivity index (χ4v) is 1.64. The minimum atomic E-state index is 0.0782. The summed E-state index contributed by atoms with van der Waals surface area (Å²) in [6.45, 7) is 1.98. The molecule has 1 aromatic heterocycles. The molecule has 1 aliphatic carbocycles. The van der Waals surface area contributed by atoms with E-state index in [0.29, 0.717) is 11.8 Å². The Labute approximate surface area is 95.0 Å². The number of pyridine rings is 1. The van der Waals surface area contributed by atoms with Crippen molar-refractivity contribution in [2.75, 3.05) is 12.4 Å². The van der Waals surface area contributed by atoms with E-state index in [0.717, 1.165) is 5.69 Å². The molecular weight excluding hydrogens is 204 g/mol. The molecule has 0 aromatic carbocycles. The van der Waals surface area contributed by atoms with E-state index in [1.54, 1.807) is 25.4 Å². The third-order valence-corrected chi connectivity index (χ3v) is 2.96. The van der Waals surface area contributed by atoms with E-state index in [1.807, 2.05) is 6.92 Å². The van der Waals surface area contributed by atoms with Crippen LogP contribution >= 0.6 is 0 Å². The Morgan fingerprint density at radius 1 is 1.56 bits per heavy atom. The first kappa shape index (κ1) is 10.9. The Hall–Kier alpha value is -1.58. The molecule has 1 unspecified atom stereocenters. The molecule has 4 heteroatoms. The molecule has 0 radical (unpaired) electrons. The first-order valence-corrected chi connectivity index (χ1v) is 5.51. The topological polar surface area (TPSA) is 51.2 Å². The minimum Gasteiger partial charge on any atom is -0.481 e. The van der Waals surface area contributed by atoms with Crippen molar-refractivity contribution >= 4 is 11.6 Å². The summed E-state index contributed by atoms with van der Waals surface area (Å²) in [5.74, 6) is 1.30. The average Bonchev–Trinajstić information content (AvgIpc) is 3.13. The monoisotopic (exact) mass is 220 g/mol. The Balaban J connectivity index is 1.94. The number of hydrogen-bond donors (Lipinski definition) is 1. The number of aromatic nitrogens is 1. The quantitative estimate of drug-likeness (QED) is 0.845. The summed E-state index contributed by atoms with van der Waals surface area (Å²) in [5, 5.41) is 2.86. The van der Waals surface area contributed by atoms with Gasteiger partial charge in [-0.25, -0.2) is 4.98 Å². The van der Waals surface area contributed by atoms with Crippen molar-refractivity contribution in [1.29, 1.82) is 0 Å². The number of hydrogen-bond acceptors (Lipinski definition) is 3. The van der Waals surface area contributed by atoms with E-state index in [1.165, 1.54) is 12.8 Å². The molecule has 4 nitrogen and oxygen atoms in total. The highest BCUT2D eigenvalue weighted by atomic mass is 16.5. The summed E-state index contributed by atoms with van der Waals surface area (Å²) < 4.78 is 4.95. The Morgan fingerprint density at radius 2 is 2.31 bits per heavy atom. The van der Waals surface area contributed by atoms with Gasteiger partial charge in [0.1, 0.15) is 0 Å². The molecule has 1 atom stereocenters. The lowest BCUT2D eigenvalue weighted by Gasteiger charge is -2.10. The average molecular weight is 220 g/mol. The van der Waals surface area contributed by atoms with Crippen LogP contribution in [0.3, 0.4) is 0 Å². The number of amides is 1. The first-order valence-electron chi connectivity index (χ1n) is 5.51. The molecule has 1 N–H and O–H groups in total. The van der Waals surface area contributed by atoms with Gasteiger partial charge >= 0.3 is 0 Å². The number of rotatable bonds is 4. The van der Waals surface area contributed by atoms with Crippen LogP contribution in [0.15, 0.2) is 18.3 Å². The van der Waals surface area contributed by atoms with Crippen molar-refractivity contribution < 1.29 is 9.53 Å². The van der Waals surface area contributed by atoms with Crippen LogP contribution in [0.5, 0.6) is 5.88 Å². The van der Waals surface area contributed by atoms with Crippen LogP contribution in [-0.4, -0.2) is 18.0 Å². The number of nitrogens with one attached hydrogen (secondary N) is 1. The molecule has 2 rings (SSSR count). The van der Waals surface area contributed by atoms with Crippen molar-refractivity contribution in [2.24, 2.45) is 11.8 Å². The summed E-state index contributed by atoms with van der Waals surface area (Å²) >= 11 is 0. The van der Waals surface area contributed by atoms with Gasteiger partial charge in [0.15, 0.2) is 0 Å². The van der Waals surface area contributed by atoms with Gasteiger partial charge < -0.3 is 10.1 Å². The van der Waals surface area contributed by atoms with Gasteiger partial charge in [-0.3, -0.25) is 4.79 Å². The first-order chi connectivity index (χ1) is 7.70. The molecule has 1 aliphatic rings. The second-order valence-electron chi connectivity index (χ2n) is 4.20. The van der Waals surface area contributed by atoms with Gasteiger partial charge in [0.25, 0.3) is 0 Å². The molecular formula is C12H16N2O2. The number of carbonyl (C=O) groups excluding carboxylic acids is 1. The predicted octanol–water partition coefficient (Wildman–Crippen LogP) is 2.07. The highest BCUT2D eigenvalue weighted by Gasteiger charge is 2.32. The van der Waals surface area contributed by atoms with Gasteiger partial charge in [-0.1, -0.05) is 6.92 Å². The summed E-state index contributed by atoms with van der Waals surface area (Å²) in [5.41, 5.74) is 0.721. The zero-order chi connectivity index (χ0) is 11.5. The Bertz CT molecular complexity index is 371. The Kier molecular flexibility index (Phi) is 3.08. The normalized spacial score (nSPS) is 16.6. The van der Waals surface area contributed by atoms with Crippen LogP contribution in [-0.2, 0) is 4.79 Å². The highest BCUT2D eigenvalue weighted by Crippen LogP contribution is 2.37. The number of methoxy groups -OCH3 is 1. The van der Waals surface area contributed by atoms with Gasteiger partial charge in [0.2, 0.25) is 11.8 Å². The van der Waals surface area contributed by atoms with Crippen LogP contribution in [0.1, 0.15) is 19.8 Å². The molecule has 1 fully saturated rings. The second-order valence-corrected chi connectivity index (χ2v) is 4.20. The van der Waals surface area contributed by atoms with Crippen molar-refractivity contribution in [1.82, 2.24) is 4.98 Å². The lowest BCUT2D eigenvalue weighted by molar-refractivity contribution is -0.119. The maximum absolute atomic E-state index is 11.8. The molecule has 0 bridgehead atoms. The number of anilines is 1. The molecule has 1 saturated carbocycles. The third-order valence-electron chi connectivity index (χ3n) is 2.96. The molecule has 1 heterocycles. The zero-order valence-corrected chi connectivity index (χ0v) is 9.56. The largest absolute Gasteiger partial charge is 0.481 e. The molecule has 1 aromatic rings. The SMILES string of the molecule is COc1ccc(NC(=O)C(C)C2CC2)cn1. The zero-order valence-electron chi connectivity index (χ0n) is 9.56. The van der Waals surface area contributed by atoms with Crippen LogP contribution < -0.4 is 10.1 Å². The van der Waals surface area contributed by atoms with Gasteiger partial charge in [0, 0.05) is 12.0 Å². The van der Waals surface area contributed by atoms with Crippen molar-refractivity contribution in [2.45, 2.75) is 19.8 Å². The fourth-order valence-electron chi connectivity index (χ4n) is 1.64. The second kappa shape index (κ2) is 4.51. The van der Waals surface area contributed by atoms with Crippen molar-refractivity contribution in [3.63, 3.8) is 0 Å². The lowest BCUT2D eigenvalue weighted by atomic mass is 10.1. The highest BCUT2D eigenvalue weighted by molar-refractivity contribution is 5.92. The fraction of sp³-hybridized carbons (Fsp3) is 0.500. The van der Waals surface area contributed by atoms with Gasteiger partial charge in [-0.05, 0) is 24.8 Å². The summed E-state index contributed by atoms with van der Waals surface area (Å²) in [6.07, 6.45) is 3.96. The summed E-state index contributed by atoms with van der Waals surface area (Å²) in [4.78, 5) is 15.8. The maximum atomic E-state index is 11.8. The van der Waals surface area contributed by atoms with E-state index >= 15 is 0 Å². The van der Waals surface area contributed by atoms with Gasteiger partial charge in [0.05, 0.1) is 19.0 Å². The number of nitrogens with zero attached hydrogens (tertiary/aromatic N) is 1. The van der Waals surface area contributed by atoms with Crippen LogP contribution in [0.4, 0.5) is 5.69 Å². The van der Waals surface area contributed by atoms with E-state index in [-0.39, 0.29) is 11.8 Å². The van der Waals surface area contributed by atoms with Gasteiger partial charge in [-0.15, -0.1) is 0 Å². The van der Waals surface area contributed by atoms with Crippen LogP contribution in [0.2, 0.25) is 0 Å².